The van der Waals surface area contributed by atoms with Gasteiger partial charge in [-0.25, -0.2) is 4.39 Å². The fraction of sp³-hybridized carbons (Fsp3) is 0.192. The Morgan fingerprint density at radius 3 is 2.45 bits per heavy atom. The van der Waals surface area contributed by atoms with E-state index in [1.807, 2.05) is 20.8 Å². The molecule has 1 saturated heterocycles. The van der Waals surface area contributed by atoms with Gasteiger partial charge in [-0.15, -0.1) is 0 Å². The normalized spacial score (nSPS) is 17.6. The number of ether oxygens (including phenoxy) is 1. The molecule has 33 heavy (non-hydrogen) atoms. The van der Waals surface area contributed by atoms with Gasteiger partial charge >= 0.3 is 0 Å². The molecule has 1 fully saturated rings. The lowest BCUT2D eigenvalue weighted by atomic mass is 9.95. The first-order valence-corrected chi connectivity index (χ1v) is 10.5. The van der Waals surface area contributed by atoms with Gasteiger partial charge in [0.2, 0.25) is 0 Å². The molecule has 0 saturated carbocycles. The number of aromatic nitrogens is 1. The van der Waals surface area contributed by atoms with Gasteiger partial charge < -0.3 is 9.84 Å². The van der Waals surface area contributed by atoms with E-state index in [0.29, 0.717) is 22.6 Å². The number of hydrogen-bond donors (Lipinski definition) is 1. The van der Waals surface area contributed by atoms with Crippen LogP contribution in [-0.2, 0) is 9.59 Å². The molecular weight excluding hydrogens is 423 g/mol. The lowest BCUT2D eigenvalue weighted by Crippen LogP contribution is -2.29. The number of nitrogens with zero attached hydrogens (tertiary/aromatic N) is 2. The SMILES string of the molecule is Cc1cc(/C(O)=C2/C(=O)C(=O)N(c3ccc(F)cc3)C2c2cccnc2)ccc1OC(C)C. The van der Waals surface area contributed by atoms with E-state index in [9.17, 15) is 19.1 Å². The Kier molecular flexibility index (Phi) is 5.96. The number of aryl methyl sites for hydroxylation is 1. The van der Waals surface area contributed by atoms with Crippen LogP contribution in [0.1, 0.15) is 36.6 Å². The molecule has 1 aromatic heterocycles. The van der Waals surface area contributed by atoms with Crippen molar-refractivity contribution in [1.82, 2.24) is 4.98 Å². The molecule has 1 unspecified atom stereocenters. The fourth-order valence-electron chi connectivity index (χ4n) is 3.89. The molecule has 1 aliphatic rings. The number of rotatable bonds is 5. The lowest BCUT2D eigenvalue weighted by molar-refractivity contribution is -0.132. The largest absolute Gasteiger partial charge is 0.507 e. The molecule has 0 bridgehead atoms. The summed E-state index contributed by atoms with van der Waals surface area (Å²) in [6.07, 6.45) is 3.09. The summed E-state index contributed by atoms with van der Waals surface area (Å²) in [5.41, 5.74) is 1.98. The van der Waals surface area contributed by atoms with Crippen LogP contribution in [0.25, 0.3) is 5.76 Å². The van der Waals surface area contributed by atoms with Gasteiger partial charge in [0.25, 0.3) is 11.7 Å². The Hall–Kier alpha value is -4.00. The van der Waals surface area contributed by atoms with Gasteiger partial charge in [-0.3, -0.25) is 19.5 Å². The zero-order valence-electron chi connectivity index (χ0n) is 18.4. The van der Waals surface area contributed by atoms with Gasteiger partial charge in [-0.1, -0.05) is 6.07 Å². The van der Waals surface area contributed by atoms with Crippen LogP contribution in [0.4, 0.5) is 10.1 Å². The zero-order valence-corrected chi connectivity index (χ0v) is 18.4. The van der Waals surface area contributed by atoms with Crippen LogP contribution in [0.15, 0.2) is 72.6 Å². The standard InChI is InChI=1S/C26H23FN2O4/c1-15(2)33-21-11-6-17(13-16(21)3)24(30)22-23(18-5-4-12-28-14-18)29(26(32)25(22)31)20-9-7-19(27)8-10-20/h4-15,23,30H,1-3H3/b24-22-. The fourth-order valence-corrected chi connectivity index (χ4v) is 3.89. The number of amides is 1. The first-order chi connectivity index (χ1) is 15.8. The van der Waals surface area contributed by atoms with E-state index in [2.05, 4.69) is 4.98 Å². The summed E-state index contributed by atoms with van der Waals surface area (Å²) in [5.74, 6) is -1.74. The average Bonchev–Trinajstić information content (AvgIpc) is 3.06. The predicted molar refractivity (Wildman–Crippen MR) is 122 cm³/mol. The highest BCUT2D eigenvalue weighted by atomic mass is 19.1. The summed E-state index contributed by atoms with van der Waals surface area (Å²) in [6, 6.07) is 12.8. The molecule has 0 aliphatic carbocycles. The molecular formula is C26H23FN2O4. The molecule has 7 heteroatoms. The summed E-state index contributed by atoms with van der Waals surface area (Å²) in [5, 5.41) is 11.2. The summed E-state index contributed by atoms with van der Waals surface area (Å²) < 4.78 is 19.3. The monoisotopic (exact) mass is 446 g/mol. The van der Waals surface area contributed by atoms with Crippen molar-refractivity contribution in [2.24, 2.45) is 0 Å². The molecule has 1 amide bonds. The van der Waals surface area contributed by atoms with Gasteiger partial charge in [-0.2, -0.15) is 0 Å². The smallest absolute Gasteiger partial charge is 0.300 e. The second-order valence-electron chi connectivity index (χ2n) is 8.08. The number of aliphatic hydroxyl groups excluding tert-OH is 1. The van der Waals surface area contributed by atoms with Gasteiger partial charge in [0, 0.05) is 23.6 Å². The van der Waals surface area contributed by atoms with Crippen LogP contribution in [0.2, 0.25) is 0 Å². The third kappa shape index (κ3) is 4.22. The molecule has 6 nitrogen and oxygen atoms in total. The van der Waals surface area contributed by atoms with Crippen molar-refractivity contribution in [2.45, 2.75) is 32.9 Å². The highest BCUT2D eigenvalue weighted by Crippen LogP contribution is 2.42. The summed E-state index contributed by atoms with van der Waals surface area (Å²) in [7, 11) is 0. The number of halogens is 1. The maximum Gasteiger partial charge on any atom is 0.300 e. The van der Waals surface area contributed by atoms with E-state index in [1.54, 1.807) is 36.5 Å². The molecule has 3 aromatic rings. The van der Waals surface area contributed by atoms with Crippen molar-refractivity contribution >= 4 is 23.1 Å². The molecule has 0 radical (unpaired) electrons. The van der Waals surface area contributed by atoms with Crippen LogP contribution in [-0.4, -0.2) is 27.9 Å². The zero-order chi connectivity index (χ0) is 23.7. The number of anilines is 1. The Bertz CT molecular complexity index is 1240. The Morgan fingerprint density at radius 1 is 1.12 bits per heavy atom. The number of ketones is 1. The van der Waals surface area contributed by atoms with Gasteiger partial charge in [0.15, 0.2) is 0 Å². The van der Waals surface area contributed by atoms with Crippen LogP contribution >= 0.6 is 0 Å². The highest BCUT2D eigenvalue weighted by molar-refractivity contribution is 6.51. The van der Waals surface area contributed by atoms with Gasteiger partial charge in [0.05, 0.1) is 17.7 Å². The number of aliphatic hydroxyl groups is 1. The minimum Gasteiger partial charge on any atom is -0.507 e. The number of pyridine rings is 1. The van der Waals surface area contributed by atoms with Gasteiger partial charge in [-0.05, 0) is 80.4 Å². The molecule has 2 aromatic carbocycles. The van der Waals surface area contributed by atoms with Crippen LogP contribution < -0.4 is 9.64 Å². The minimum absolute atomic E-state index is 0.0187. The highest BCUT2D eigenvalue weighted by Gasteiger charge is 2.47. The number of Topliss-reactive ketones (excluding diaryl/α,β-unsaturated/α-hetero) is 1. The third-order valence-electron chi connectivity index (χ3n) is 5.36. The molecule has 0 spiro atoms. The van der Waals surface area contributed by atoms with Crippen molar-refractivity contribution in [2.75, 3.05) is 4.90 Å². The average molecular weight is 446 g/mol. The Balaban J connectivity index is 1.87. The topological polar surface area (TPSA) is 79.7 Å². The number of benzene rings is 2. The van der Waals surface area contributed by atoms with E-state index in [4.69, 9.17) is 4.74 Å². The summed E-state index contributed by atoms with van der Waals surface area (Å²) in [4.78, 5) is 31.6. The summed E-state index contributed by atoms with van der Waals surface area (Å²) >= 11 is 0. The number of carbonyl (C=O) groups excluding carboxylic acids is 2. The molecule has 2 heterocycles. The van der Waals surface area contributed by atoms with E-state index in [-0.39, 0.29) is 17.4 Å². The second kappa shape index (κ2) is 8.86. The molecule has 4 rings (SSSR count). The number of hydrogen-bond acceptors (Lipinski definition) is 5. The molecule has 1 N–H and O–H groups in total. The van der Waals surface area contributed by atoms with E-state index < -0.39 is 23.5 Å². The van der Waals surface area contributed by atoms with Crippen molar-refractivity contribution in [3.05, 3.63) is 95.1 Å². The quantitative estimate of drug-likeness (QED) is 0.341. The van der Waals surface area contributed by atoms with Crippen molar-refractivity contribution in [1.29, 1.82) is 0 Å². The first-order valence-electron chi connectivity index (χ1n) is 10.5. The maximum absolute atomic E-state index is 13.5. The second-order valence-corrected chi connectivity index (χ2v) is 8.08. The molecule has 1 aliphatic heterocycles. The lowest BCUT2D eigenvalue weighted by Gasteiger charge is -2.25. The van der Waals surface area contributed by atoms with Crippen LogP contribution in [0.3, 0.4) is 0 Å². The number of carbonyl (C=O) groups is 2. The first kappa shape index (κ1) is 22.2. The maximum atomic E-state index is 13.5. The minimum atomic E-state index is -0.920. The van der Waals surface area contributed by atoms with E-state index >= 15 is 0 Å². The van der Waals surface area contributed by atoms with E-state index in [1.165, 1.54) is 35.4 Å². The van der Waals surface area contributed by atoms with Crippen molar-refractivity contribution in [3.63, 3.8) is 0 Å². The third-order valence-corrected chi connectivity index (χ3v) is 5.36. The molecule has 1 atom stereocenters. The van der Waals surface area contributed by atoms with Crippen LogP contribution in [0.5, 0.6) is 5.75 Å². The van der Waals surface area contributed by atoms with Crippen LogP contribution in [0, 0.1) is 12.7 Å². The molecule has 168 valence electrons. The predicted octanol–water partition coefficient (Wildman–Crippen LogP) is 4.94. The Morgan fingerprint density at radius 2 is 1.85 bits per heavy atom. The van der Waals surface area contributed by atoms with E-state index in [0.717, 1.165) is 5.56 Å². The van der Waals surface area contributed by atoms with Crippen molar-refractivity contribution in [3.8, 4) is 5.75 Å². The summed E-state index contributed by atoms with van der Waals surface area (Å²) in [6.45, 7) is 5.67. The Labute approximate surface area is 191 Å². The van der Waals surface area contributed by atoms with Crippen molar-refractivity contribution < 1.29 is 23.8 Å². The van der Waals surface area contributed by atoms with Gasteiger partial charge in [0.1, 0.15) is 17.3 Å².